The molecule has 26 heavy (non-hydrogen) atoms. The molecule has 0 aromatic carbocycles. The van der Waals surface area contributed by atoms with Crippen LogP contribution in [-0.4, -0.2) is 11.7 Å². The van der Waals surface area contributed by atoms with E-state index in [1.165, 1.54) is 83.5 Å². The minimum Gasteiger partial charge on any atom is -0.396 e. The molecule has 0 radical (unpaired) electrons. The molecule has 0 aromatic rings. The Kier molecular flexibility index (Phi) is 23.2. The summed E-state index contributed by atoms with van der Waals surface area (Å²) in [6.45, 7) is 2.61. The average molecular weight is 361 g/mol. The van der Waals surface area contributed by atoms with Crippen molar-refractivity contribution in [2.75, 3.05) is 6.61 Å². The summed E-state index contributed by atoms with van der Waals surface area (Å²) in [5.41, 5.74) is 0. The molecule has 0 bridgehead atoms. The zero-order valence-corrected chi connectivity index (χ0v) is 17.6. The van der Waals surface area contributed by atoms with Crippen LogP contribution in [0, 0.1) is 23.7 Å². The summed E-state index contributed by atoms with van der Waals surface area (Å²) in [4.78, 5) is 0. The number of unbranched alkanes of at least 4 members (excludes halogenated alkanes) is 16. The number of aliphatic hydroxyl groups excluding tert-OH is 1. The Bertz CT molecular complexity index is 376. The molecule has 0 amide bonds. The number of hydrogen-bond acceptors (Lipinski definition) is 1. The number of hydrogen-bond donors (Lipinski definition) is 1. The van der Waals surface area contributed by atoms with Gasteiger partial charge in [-0.15, -0.1) is 23.7 Å². The normalized spacial score (nSPS) is 10.1. The van der Waals surface area contributed by atoms with E-state index >= 15 is 0 Å². The van der Waals surface area contributed by atoms with Gasteiger partial charge in [0.2, 0.25) is 0 Å². The Morgan fingerprint density at radius 1 is 0.423 bits per heavy atom. The molecule has 0 aliphatic carbocycles. The molecule has 0 fully saturated rings. The van der Waals surface area contributed by atoms with Gasteiger partial charge in [0.15, 0.2) is 0 Å². The van der Waals surface area contributed by atoms with Crippen LogP contribution in [0.2, 0.25) is 0 Å². The highest BCUT2D eigenvalue weighted by molar-refractivity contribution is 5.00. The maximum absolute atomic E-state index is 8.69. The van der Waals surface area contributed by atoms with Gasteiger partial charge >= 0.3 is 0 Å². The summed E-state index contributed by atoms with van der Waals surface area (Å²) in [5, 5.41) is 8.69. The standard InChI is InChI=1S/C25H44O/c1-2-3-4-5-6-7-8-9-10-11-12-13-14-15-16-17-18-19-20-21-22-23-24-25-26/h26H,2-11,14-17,20-25H2,1H3. The first-order valence-corrected chi connectivity index (χ1v) is 11.4. The third kappa shape index (κ3) is 23.1. The highest BCUT2D eigenvalue weighted by Gasteiger charge is 1.91. The van der Waals surface area contributed by atoms with Crippen molar-refractivity contribution in [3.05, 3.63) is 0 Å². The van der Waals surface area contributed by atoms with Crippen molar-refractivity contribution >= 4 is 0 Å². The minimum atomic E-state index is 0.327. The van der Waals surface area contributed by atoms with Crippen molar-refractivity contribution in [2.24, 2.45) is 0 Å². The lowest BCUT2D eigenvalue weighted by Gasteiger charge is -2.00. The molecular weight excluding hydrogens is 316 g/mol. The fraction of sp³-hybridized carbons (Fsp3) is 0.840. The molecule has 0 aliphatic heterocycles. The summed E-state index contributed by atoms with van der Waals surface area (Å²) >= 11 is 0. The van der Waals surface area contributed by atoms with Crippen molar-refractivity contribution in [1.82, 2.24) is 0 Å². The van der Waals surface area contributed by atoms with Crippen molar-refractivity contribution in [1.29, 1.82) is 0 Å². The van der Waals surface area contributed by atoms with E-state index in [4.69, 9.17) is 5.11 Å². The molecule has 150 valence electrons. The quantitative estimate of drug-likeness (QED) is 0.211. The van der Waals surface area contributed by atoms with Gasteiger partial charge in [-0.1, -0.05) is 71.1 Å². The third-order valence-corrected chi connectivity index (χ3v) is 4.72. The number of rotatable bonds is 17. The molecule has 0 atom stereocenters. The first kappa shape index (κ1) is 25.1. The maximum atomic E-state index is 8.69. The molecular formula is C25H44O. The summed E-state index contributed by atoms with van der Waals surface area (Å²) in [5.74, 6) is 13.2. The van der Waals surface area contributed by atoms with Gasteiger partial charge in [-0.25, -0.2) is 0 Å². The molecule has 1 N–H and O–H groups in total. The SMILES string of the molecule is CCCCCCCCCCCC#CCCCCC#CCCCCCCO. The monoisotopic (exact) mass is 360 g/mol. The van der Waals surface area contributed by atoms with E-state index in [0.29, 0.717) is 6.61 Å². The van der Waals surface area contributed by atoms with Crippen molar-refractivity contribution in [3.63, 3.8) is 0 Å². The van der Waals surface area contributed by atoms with Crippen LogP contribution in [0.5, 0.6) is 0 Å². The second-order valence-electron chi connectivity index (χ2n) is 7.38. The summed E-state index contributed by atoms with van der Waals surface area (Å²) in [7, 11) is 0. The molecule has 0 saturated heterocycles. The highest BCUT2D eigenvalue weighted by Crippen LogP contribution is 2.10. The van der Waals surface area contributed by atoms with Gasteiger partial charge in [-0.3, -0.25) is 0 Å². The van der Waals surface area contributed by atoms with Gasteiger partial charge in [0, 0.05) is 32.3 Å². The topological polar surface area (TPSA) is 20.2 Å². The van der Waals surface area contributed by atoms with Crippen LogP contribution in [0.4, 0.5) is 0 Å². The predicted molar refractivity (Wildman–Crippen MR) is 116 cm³/mol. The van der Waals surface area contributed by atoms with E-state index < -0.39 is 0 Å². The lowest BCUT2D eigenvalue weighted by atomic mass is 10.1. The molecule has 0 aliphatic rings. The van der Waals surface area contributed by atoms with E-state index in [0.717, 1.165) is 38.5 Å². The lowest BCUT2D eigenvalue weighted by Crippen LogP contribution is -1.82. The minimum absolute atomic E-state index is 0.327. The van der Waals surface area contributed by atoms with Gasteiger partial charge < -0.3 is 5.11 Å². The third-order valence-electron chi connectivity index (χ3n) is 4.72. The molecule has 1 nitrogen and oxygen atoms in total. The Morgan fingerprint density at radius 2 is 0.731 bits per heavy atom. The lowest BCUT2D eigenvalue weighted by molar-refractivity contribution is 0.282. The molecule has 0 unspecified atom stereocenters. The van der Waals surface area contributed by atoms with Gasteiger partial charge in [-0.05, 0) is 32.1 Å². The van der Waals surface area contributed by atoms with Crippen LogP contribution in [0.15, 0.2) is 0 Å². The van der Waals surface area contributed by atoms with Gasteiger partial charge in [0.25, 0.3) is 0 Å². The van der Waals surface area contributed by atoms with Crippen LogP contribution in [0.25, 0.3) is 0 Å². The van der Waals surface area contributed by atoms with Crippen LogP contribution in [0.3, 0.4) is 0 Å². The highest BCUT2D eigenvalue weighted by atomic mass is 16.2. The van der Waals surface area contributed by atoms with E-state index in [2.05, 4.69) is 30.6 Å². The van der Waals surface area contributed by atoms with Gasteiger partial charge in [0.05, 0.1) is 0 Å². The first-order chi connectivity index (χ1) is 12.9. The van der Waals surface area contributed by atoms with Crippen LogP contribution in [0.1, 0.15) is 129 Å². The van der Waals surface area contributed by atoms with Gasteiger partial charge in [0.1, 0.15) is 0 Å². The van der Waals surface area contributed by atoms with E-state index in [1.807, 2.05) is 0 Å². The fourth-order valence-corrected chi connectivity index (χ4v) is 2.98. The van der Waals surface area contributed by atoms with Crippen LogP contribution < -0.4 is 0 Å². The Labute approximate surface area is 164 Å². The zero-order valence-electron chi connectivity index (χ0n) is 17.6. The smallest absolute Gasteiger partial charge is 0.0431 e. The van der Waals surface area contributed by atoms with Crippen molar-refractivity contribution < 1.29 is 5.11 Å². The van der Waals surface area contributed by atoms with Crippen molar-refractivity contribution in [2.45, 2.75) is 129 Å². The second-order valence-corrected chi connectivity index (χ2v) is 7.38. The van der Waals surface area contributed by atoms with Crippen LogP contribution >= 0.6 is 0 Å². The summed E-state index contributed by atoms with van der Waals surface area (Å²) in [6, 6.07) is 0. The Morgan fingerprint density at radius 3 is 1.12 bits per heavy atom. The second kappa shape index (κ2) is 24.1. The summed E-state index contributed by atoms with van der Waals surface area (Å²) < 4.78 is 0. The van der Waals surface area contributed by atoms with Gasteiger partial charge in [-0.2, -0.15) is 0 Å². The Hall–Kier alpha value is -0.920. The first-order valence-electron chi connectivity index (χ1n) is 11.4. The predicted octanol–water partition coefficient (Wildman–Crippen LogP) is 7.42. The molecule has 1 heteroatoms. The number of aliphatic hydroxyl groups is 1. The fourth-order valence-electron chi connectivity index (χ4n) is 2.98. The van der Waals surface area contributed by atoms with E-state index in [1.54, 1.807) is 0 Å². The van der Waals surface area contributed by atoms with E-state index in [9.17, 15) is 0 Å². The zero-order chi connectivity index (χ0) is 19.0. The largest absolute Gasteiger partial charge is 0.396 e. The van der Waals surface area contributed by atoms with Crippen molar-refractivity contribution in [3.8, 4) is 23.7 Å². The van der Waals surface area contributed by atoms with Crippen LogP contribution in [-0.2, 0) is 0 Å². The molecule has 0 saturated carbocycles. The Balaban J connectivity index is 3.19. The molecule has 0 aromatic heterocycles. The van der Waals surface area contributed by atoms with E-state index in [-0.39, 0.29) is 0 Å². The average Bonchev–Trinajstić information content (AvgIpc) is 2.66. The summed E-state index contributed by atoms with van der Waals surface area (Å²) in [6.07, 6.45) is 23.5. The molecule has 0 heterocycles. The molecule has 0 rings (SSSR count). The maximum Gasteiger partial charge on any atom is 0.0431 e. The molecule has 0 spiro atoms.